The zero-order chi connectivity index (χ0) is 11.5. The quantitative estimate of drug-likeness (QED) is 0.709. The molecule has 0 aliphatic rings. The van der Waals surface area contributed by atoms with Gasteiger partial charge in [-0.25, -0.2) is 0 Å². The molecule has 0 aliphatic heterocycles. The molecular formula is C15H13Br. The van der Waals surface area contributed by atoms with Crippen LogP contribution in [0.1, 0.15) is 12.5 Å². The van der Waals surface area contributed by atoms with Crippen LogP contribution in [-0.4, -0.2) is 0 Å². The molecule has 0 atom stereocenters. The lowest BCUT2D eigenvalue weighted by Crippen LogP contribution is -1.80. The van der Waals surface area contributed by atoms with Crippen molar-refractivity contribution in [3.63, 3.8) is 0 Å². The maximum absolute atomic E-state index is 3.93. The van der Waals surface area contributed by atoms with Crippen molar-refractivity contribution in [3.05, 3.63) is 65.1 Å². The minimum absolute atomic E-state index is 1.10. The van der Waals surface area contributed by atoms with Crippen molar-refractivity contribution in [1.82, 2.24) is 0 Å². The lowest BCUT2D eigenvalue weighted by Gasteiger charge is -2.04. The summed E-state index contributed by atoms with van der Waals surface area (Å²) in [5.74, 6) is 0. The molecule has 0 bridgehead atoms. The fourth-order valence-electron chi connectivity index (χ4n) is 1.59. The predicted molar refractivity (Wildman–Crippen MR) is 74.3 cm³/mol. The largest absolute Gasteiger partial charge is 0.0955 e. The third-order valence-electron chi connectivity index (χ3n) is 2.56. The van der Waals surface area contributed by atoms with Crippen LogP contribution in [0.2, 0.25) is 0 Å². The van der Waals surface area contributed by atoms with Crippen LogP contribution >= 0.6 is 15.9 Å². The SMILES string of the molecule is C=C(C)c1ccc(-c2ccc(Br)cc2)cc1. The van der Waals surface area contributed by atoms with Crippen LogP contribution in [0.25, 0.3) is 16.7 Å². The van der Waals surface area contributed by atoms with Crippen LogP contribution in [0, 0.1) is 0 Å². The van der Waals surface area contributed by atoms with E-state index in [2.05, 4.69) is 71.0 Å². The predicted octanol–water partition coefficient (Wildman–Crippen LogP) is 5.15. The zero-order valence-corrected chi connectivity index (χ0v) is 10.8. The summed E-state index contributed by atoms with van der Waals surface area (Å²) in [7, 11) is 0. The molecule has 0 unspecified atom stereocenters. The molecule has 0 radical (unpaired) electrons. The molecule has 2 aromatic rings. The van der Waals surface area contributed by atoms with Crippen molar-refractivity contribution in [2.24, 2.45) is 0 Å². The Morgan fingerprint density at radius 1 is 0.875 bits per heavy atom. The first-order valence-corrected chi connectivity index (χ1v) is 5.98. The second-order valence-electron chi connectivity index (χ2n) is 3.86. The van der Waals surface area contributed by atoms with E-state index in [0.29, 0.717) is 0 Å². The highest BCUT2D eigenvalue weighted by Gasteiger charge is 1.98. The Morgan fingerprint density at radius 2 is 1.31 bits per heavy atom. The molecule has 16 heavy (non-hydrogen) atoms. The van der Waals surface area contributed by atoms with E-state index in [1.54, 1.807) is 0 Å². The topological polar surface area (TPSA) is 0 Å². The van der Waals surface area contributed by atoms with Gasteiger partial charge < -0.3 is 0 Å². The van der Waals surface area contributed by atoms with Gasteiger partial charge in [-0.05, 0) is 35.7 Å². The maximum Gasteiger partial charge on any atom is 0.0175 e. The van der Waals surface area contributed by atoms with Crippen LogP contribution in [0.5, 0.6) is 0 Å². The highest BCUT2D eigenvalue weighted by atomic mass is 79.9. The van der Waals surface area contributed by atoms with Gasteiger partial charge in [0.2, 0.25) is 0 Å². The third kappa shape index (κ3) is 2.42. The molecule has 0 heterocycles. The van der Waals surface area contributed by atoms with Crippen LogP contribution in [0.15, 0.2) is 59.6 Å². The standard InChI is InChI=1S/C15H13Br/c1-11(2)12-3-5-13(6-4-12)14-7-9-15(16)10-8-14/h3-10H,1H2,2H3. The average Bonchev–Trinajstić information content (AvgIpc) is 2.30. The Kier molecular flexibility index (Phi) is 3.25. The van der Waals surface area contributed by atoms with Gasteiger partial charge in [0.15, 0.2) is 0 Å². The van der Waals surface area contributed by atoms with Crippen molar-refractivity contribution < 1.29 is 0 Å². The van der Waals surface area contributed by atoms with Gasteiger partial charge in [-0.15, -0.1) is 0 Å². The molecule has 0 fully saturated rings. The Bertz CT molecular complexity index is 492. The summed E-state index contributed by atoms with van der Waals surface area (Å²) >= 11 is 3.44. The second kappa shape index (κ2) is 4.67. The van der Waals surface area contributed by atoms with Crippen LogP contribution in [0.3, 0.4) is 0 Å². The van der Waals surface area contributed by atoms with Gasteiger partial charge in [-0.1, -0.05) is 64.5 Å². The summed E-state index contributed by atoms with van der Waals surface area (Å²) in [5.41, 5.74) is 4.76. The van der Waals surface area contributed by atoms with Gasteiger partial charge in [-0.3, -0.25) is 0 Å². The summed E-state index contributed by atoms with van der Waals surface area (Å²) < 4.78 is 1.11. The summed E-state index contributed by atoms with van der Waals surface area (Å²) in [6.07, 6.45) is 0. The number of hydrogen-bond donors (Lipinski definition) is 0. The molecule has 0 aromatic heterocycles. The number of halogens is 1. The second-order valence-corrected chi connectivity index (χ2v) is 4.78. The number of allylic oxidation sites excluding steroid dienone is 1. The van der Waals surface area contributed by atoms with Crippen molar-refractivity contribution in [2.75, 3.05) is 0 Å². The van der Waals surface area contributed by atoms with E-state index in [-0.39, 0.29) is 0 Å². The third-order valence-corrected chi connectivity index (χ3v) is 3.08. The molecule has 0 saturated carbocycles. The van der Waals surface area contributed by atoms with Crippen LogP contribution in [-0.2, 0) is 0 Å². The first kappa shape index (κ1) is 11.2. The summed E-state index contributed by atoms with van der Waals surface area (Å²) in [4.78, 5) is 0. The van der Waals surface area contributed by atoms with E-state index in [4.69, 9.17) is 0 Å². The molecule has 0 saturated heterocycles. The van der Waals surface area contributed by atoms with Gasteiger partial charge in [0.05, 0.1) is 0 Å². The Morgan fingerprint density at radius 3 is 1.75 bits per heavy atom. The normalized spacial score (nSPS) is 10.1. The van der Waals surface area contributed by atoms with Gasteiger partial charge in [0.1, 0.15) is 0 Å². The van der Waals surface area contributed by atoms with E-state index in [1.165, 1.54) is 16.7 Å². The van der Waals surface area contributed by atoms with Gasteiger partial charge in [0, 0.05) is 4.47 Å². The lowest BCUT2D eigenvalue weighted by atomic mass is 10.0. The van der Waals surface area contributed by atoms with Crippen molar-refractivity contribution in [3.8, 4) is 11.1 Å². The number of benzene rings is 2. The smallest absolute Gasteiger partial charge is 0.0175 e. The van der Waals surface area contributed by atoms with Crippen molar-refractivity contribution >= 4 is 21.5 Å². The molecule has 0 nitrogen and oxygen atoms in total. The average molecular weight is 273 g/mol. The monoisotopic (exact) mass is 272 g/mol. The van der Waals surface area contributed by atoms with Crippen molar-refractivity contribution in [1.29, 1.82) is 0 Å². The molecule has 2 aromatic carbocycles. The maximum atomic E-state index is 3.93. The Labute approximate surface area is 105 Å². The molecule has 0 N–H and O–H groups in total. The summed E-state index contributed by atoms with van der Waals surface area (Å²) in [5, 5.41) is 0. The van der Waals surface area contributed by atoms with Gasteiger partial charge in [-0.2, -0.15) is 0 Å². The Hall–Kier alpha value is -1.34. The molecule has 1 heteroatoms. The molecular weight excluding hydrogens is 260 g/mol. The fourth-order valence-corrected chi connectivity index (χ4v) is 1.85. The molecule has 2 rings (SSSR count). The van der Waals surface area contributed by atoms with Gasteiger partial charge in [0.25, 0.3) is 0 Å². The first-order valence-electron chi connectivity index (χ1n) is 5.19. The van der Waals surface area contributed by atoms with E-state index in [0.717, 1.165) is 10.0 Å². The van der Waals surface area contributed by atoms with E-state index >= 15 is 0 Å². The van der Waals surface area contributed by atoms with Crippen LogP contribution < -0.4 is 0 Å². The highest BCUT2D eigenvalue weighted by Crippen LogP contribution is 2.23. The van der Waals surface area contributed by atoms with E-state index < -0.39 is 0 Å². The highest BCUT2D eigenvalue weighted by molar-refractivity contribution is 9.10. The molecule has 0 amide bonds. The summed E-state index contributed by atoms with van der Waals surface area (Å²) in [6.45, 7) is 5.96. The molecule has 0 aliphatic carbocycles. The molecule has 80 valence electrons. The minimum Gasteiger partial charge on any atom is -0.0955 e. The van der Waals surface area contributed by atoms with Gasteiger partial charge >= 0.3 is 0 Å². The number of hydrogen-bond acceptors (Lipinski definition) is 0. The van der Waals surface area contributed by atoms with Crippen molar-refractivity contribution in [2.45, 2.75) is 6.92 Å². The molecule has 0 spiro atoms. The Balaban J connectivity index is 2.34. The zero-order valence-electron chi connectivity index (χ0n) is 9.20. The number of rotatable bonds is 2. The lowest BCUT2D eigenvalue weighted by molar-refractivity contribution is 1.55. The van der Waals surface area contributed by atoms with Crippen LogP contribution in [0.4, 0.5) is 0 Å². The van der Waals surface area contributed by atoms with E-state index in [9.17, 15) is 0 Å². The fraction of sp³-hybridized carbons (Fsp3) is 0.0667. The first-order chi connectivity index (χ1) is 7.66. The van der Waals surface area contributed by atoms with E-state index in [1.807, 2.05) is 6.92 Å². The summed E-state index contributed by atoms with van der Waals surface area (Å²) in [6, 6.07) is 16.8. The minimum atomic E-state index is 1.10.